The predicted molar refractivity (Wildman–Crippen MR) is 119 cm³/mol. The van der Waals surface area contributed by atoms with Gasteiger partial charge >= 0.3 is 0 Å². The fourth-order valence-corrected chi connectivity index (χ4v) is 3.23. The Morgan fingerprint density at radius 3 is 2.35 bits per heavy atom. The van der Waals surface area contributed by atoms with Crippen molar-refractivity contribution < 1.29 is 4.79 Å². The Balaban J connectivity index is 2.09. The molecule has 0 aliphatic heterocycles. The van der Waals surface area contributed by atoms with Gasteiger partial charge in [-0.25, -0.2) is 0 Å². The third-order valence-electron chi connectivity index (χ3n) is 3.09. The number of amides is 1. The SMILES string of the molecule is O=C(N[C@H](NC(=S)Nc1ccccc1Br)C(Cl)(Cl)Cl)c1cccc(Br)c1. The first-order chi connectivity index (χ1) is 12.2. The number of carbonyl (C=O) groups is 1. The van der Waals surface area contributed by atoms with Crippen LogP contribution in [0.5, 0.6) is 0 Å². The molecule has 0 spiro atoms. The number of anilines is 1. The zero-order valence-electron chi connectivity index (χ0n) is 12.9. The van der Waals surface area contributed by atoms with Crippen LogP contribution < -0.4 is 16.0 Å². The number of alkyl halides is 3. The molecule has 0 aliphatic carbocycles. The number of benzene rings is 2. The third-order valence-corrected chi connectivity index (χ3v) is 5.15. The molecule has 0 saturated carbocycles. The summed E-state index contributed by atoms with van der Waals surface area (Å²) in [6.45, 7) is 0. The molecule has 2 aromatic carbocycles. The van der Waals surface area contributed by atoms with Crippen molar-refractivity contribution in [1.29, 1.82) is 0 Å². The van der Waals surface area contributed by atoms with Crippen LogP contribution in [0.2, 0.25) is 0 Å². The summed E-state index contributed by atoms with van der Waals surface area (Å²) < 4.78 is -0.260. The van der Waals surface area contributed by atoms with Gasteiger partial charge in [0.2, 0.25) is 3.79 Å². The molecule has 2 rings (SSSR count). The van der Waals surface area contributed by atoms with E-state index < -0.39 is 15.9 Å². The van der Waals surface area contributed by atoms with Gasteiger partial charge in [0.1, 0.15) is 6.17 Å². The minimum absolute atomic E-state index is 0.183. The van der Waals surface area contributed by atoms with Crippen molar-refractivity contribution in [2.45, 2.75) is 9.96 Å². The summed E-state index contributed by atoms with van der Waals surface area (Å²) in [4.78, 5) is 12.4. The van der Waals surface area contributed by atoms with Gasteiger partial charge in [-0.15, -0.1) is 0 Å². The van der Waals surface area contributed by atoms with Crippen molar-refractivity contribution in [2.75, 3.05) is 5.32 Å². The number of nitrogens with one attached hydrogen (secondary N) is 3. The van der Waals surface area contributed by atoms with Crippen LogP contribution in [-0.4, -0.2) is 21.0 Å². The van der Waals surface area contributed by atoms with E-state index in [0.29, 0.717) is 5.56 Å². The first-order valence-corrected chi connectivity index (χ1v) is 10.2. The Bertz CT molecular complexity index is 817. The predicted octanol–water partition coefficient (Wildman–Crippen LogP) is 5.62. The number of hydrogen-bond acceptors (Lipinski definition) is 2. The fourth-order valence-electron chi connectivity index (χ4n) is 1.90. The van der Waals surface area contributed by atoms with Crippen LogP contribution in [0.25, 0.3) is 0 Å². The van der Waals surface area contributed by atoms with Crippen LogP contribution >= 0.6 is 78.9 Å². The third kappa shape index (κ3) is 6.55. The average molecular weight is 561 g/mol. The molecule has 0 fully saturated rings. The van der Waals surface area contributed by atoms with Crippen LogP contribution in [0.3, 0.4) is 0 Å². The highest BCUT2D eigenvalue weighted by Crippen LogP contribution is 2.29. The van der Waals surface area contributed by atoms with Crippen LogP contribution in [0, 0.1) is 0 Å². The molecule has 0 unspecified atom stereocenters. The Morgan fingerprint density at radius 2 is 1.73 bits per heavy atom. The summed E-state index contributed by atoms with van der Waals surface area (Å²) in [6, 6.07) is 14.2. The van der Waals surface area contributed by atoms with E-state index in [2.05, 4.69) is 47.8 Å². The molecule has 1 amide bonds. The molecule has 2 aromatic rings. The lowest BCUT2D eigenvalue weighted by molar-refractivity contribution is 0.0934. The Labute approximate surface area is 188 Å². The van der Waals surface area contributed by atoms with E-state index in [1.165, 1.54) is 0 Å². The quantitative estimate of drug-likeness (QED) is 0.258. The summed E-state index contributed by atoms with van der Waals surface area (Å²) in [7, 11) is 0. The molecule has 0 aliphatic rings. The zero-order chi connectivity index (χ0) is 19.3. The summed E-state index contributed by atoms with van der Waals surface area (Å²) in [5.41, 5.74) is 1.14. The molecule has 10 heteroatoms. The van der Waals surface area contributed by atoms with E-state index in [-0.39, 0.29) is 5.11 Å². The van der Waals surface area contributed by atoms with Crippen LogP contribution in [0.15, 0.2) is 57.5 Å². The molecule has 1 atom stereocenters. The molecule has 138 valence electrons. The van der Waals surface area contributed by atoms with E-state index in [9.17, 15) is 4.79 Å². The standard InChI is InChI=1S/C16H12Br2Cl3N3OS/c17-10-5-3-4-9(8-10)13(25)23-14(16(19,20)21)24-15(26)22-12-7-2-1-6-11(12)18/h1-8,14H,(H,23,25)(H2,22,24,26)/t14-/m1/s1. The van der Waals surface area contributed by atoms with Gasteiger partial charge in [-0.05, 0) is 58.5 Å². The van der Waals surface area contributed by atoms with Gasteiger partial charge in [-0.3, -0.25) is 4.79 Å². The smallest absolute Gasteiger partial charge is 0.253 e. The van der Waals surface area contributed by atoms with Crippen LogP contribution in [-0.2, 0) is 0 Å². The number of rotatable bonds is 4. The lowest BCUT2D eigenvalue weighted by Crippen LogP contribution is -2.56. The first-order valence-electron chi connectivity index (χ1n) is 7.12. The number of hydrogen-bond donors (Lipinski definition) is 3. The van der Waals surface area contributed by atoms with Gasteiger partial charge in [0.05, 0.1) is 5.69 Å². The van der Waals surface area contributed by atoms with E-state index in [0.717, 1.165) is 14.6 Å². The number of halogens is 5. The van der Waals surface area contributed by atoms with Gasteiger partial charge in [-0.2, -0.15) is 0 Å². The Hall–Kier alpha value is -0.570. The van der Waals surface area contributed by atoms with E-state index in [1.807, 2.05) is 24.3 Å². The maximum atomic E-state index is 12.4. The van der Waals surface area contributed by atoms with Crippen LogP contribution in [0.1, 0.15) is 10.4 Å². The van der Waals surface area contributed by atoms with Crippen LogP contribution in [0.4, 0.5) is 5.69 Å². The zero-order valence-corrected chi connectivity index (χ0v) is 19.2. The average Bonchev–Trinajstić information content (AvgIpc) is 2.55. The molecule has 0 heterocycles. The minimum Gasteiger partial charge on any atom is -0.339 e. The molecule has 4 nitrogen and oxygen atoms in total. The van der Waals surface area contributed by atoms with Crippen molar-refractivity contribution in [3.05, 3.63) is 63.0 Å². The normalized spacial score (nSPS) is 12.2. The molecule has 0 aromatic heterocycles. The highest BCUT2D eigenvalue weighted by Gasteiger charge is 2.35. The van der Waals surface area contributed by atoms with Crippen molar-refractivity contribution in [3.8, 4) is 0 Å². The van der Waals surface area contributed by atoms with Crippen molar-refractivity contribution >= 4 is 95.6 Å². The van der Waals surface area contributed by atoms with E-state index in [4.69, 9.17) is 47.0 Å². The number of thiocarbonyl (C=S) groups is 1. The van der Waals surface area contributed by atoms with Gasteiger partial charge in [0.15, 0.2) is 5.11 Å². The monoisotopic (exact) mass is 557 g/mol. The van der Waals surface area contributed by atoms with Crippen molar-refractivity contribution in [1.82, 2.24) is 10.6 Å². The highest BCUT2D eigenvalue weighted by atomic mass is 79.9. The largest absolute Gasteiger partial charge is 0.339 e. The highest BCUT2D eigenvalue weighted by molar-refractivity contribution is 9.10. The first kappa shape index (κ1) is 21.7. The maximum absolute atomic E-state index is 12.4. The second-order valence-corrected chi connectivity index (χ2v) is 9.58. The molecule has 3 N–H and O–H groups in total. The maximum Gasteiger partial charge on any atom is 0.253 e. The van der Waals surface area contributed by atoms with Crippen molar-refractivity contribution in [3.63, 3.8) is 0 Å². The lowest BCUT2D eigenvalue weighted by Gasteiger charge is -2.28. The number of carbonyl (C=O) groups excluding carboxylic acids is 1. The van der Waals surface area contributed by atoms with Gasteiger partial charge in [0.25, 0.3) is 5.91 Å². The topological polar surface area (TPSA) is 53.2 Å². The second-order valence-electron chi connectivity index (χ2n) is 5.04. The van der Waals surface area contributed by atoms with Gasteiger partial charge < -0.3 is 16.0 Å². The second kappa shape index (κ2) is 9.57. The molecule has 0 bridgehead atoms. The molecule has 0 saturated heterocycles. The molecule has 0 radical (unpaired) electrons. The molecular formula is C16H12Br2Cl3N3OS. The summed E-state index contributed by atoms with van der Waals surface area (Å²) in [5.74, 6) is -0.418. The summed E-state index contributed by atoms with van der Waals surface area (Å²) in [5, 5.41) is 8.59. The van der Waals surface area contributed by atoms with Gasteiger partial charge in [-0.1, -0.05) is 68.9 Å². The van der Waals surface area contributed by atoms with Crippen molar-refractivity contribution in [2.24, 2.45) is 0 Å². The van der Waals surface area contributed by atoms with Gasteiger partial charge in [0, 0.05) is 14.5 Å². The lowest BCUT2D eigenvalue weighted by atomic mass is 10.2. The summed E-state index contributed by atoms with van der Waals surface area (Å²) >= 11 is 29.9. The molecular weight excluding hydrogens is 548 g/mol. The fraction of sp³-hybridized carbons (Fsp3) is 0.125. The minimum atomic E-state index is -1.83. The van der Waals surface area contributed by atoms with E-state index in [1.54, 1.807) is 24.3 Å². The Morgan fingerprint density at radius 1 is 1.04 bits per heavy atom. The Kier molecular flexibility index (Phi) is 8.00. The molecule has 26 heavy (non-hydrogen) atoms. The number of para-hydroxylation sites is 1. The summed E-state index contributed by atoms with van der Waals surface area (Å²) in [6.07, 6.45) is -1.05. The van der Waals surface area contributed by atoms with E-state index >= 15 is 0 Å².